The normalized spacial score (nSPS) is 12.6. The Hall–Kier alpha value is -0.860. The molecule has 0 heterocycles. The lowest BCUT2D eigenvalue weighted by Gasteiger charge is -2.13. The molecule has 0 aliphatic heterocycles. The third-order valence-electron chi connectivity index (χ3n) is 2.73. The van der Waals surface area contributed by atoms with E-state index in [0.717, 1.165) is 32.5 Å². The molecule has 0 saturated carbocycles. The topological polar surface area (TPSA) is 29.5 Å². The predicted octanol–water partition coefficient (Wildman–Crippen LogP) is 2.65. The van der Waals surface area contributed by atoms with E-state index < -0.39 is 0 Å². The monoisotopic (exact) mass is 222 g/mol. The quantitative estimate of drug-likeness (QED) is 0.685. The first-order valence-corrected chi connectivity index (χ1v) is 6.09. The Morgan fingerprint density at radius 3 is 2.62 bits per heavy atom. The van der Waals surface area contributed by atoms with Gasteiger partial charge in [-0.1, -0.05) is 30.3 Å². The SMILES string of the molecule is CCOCCCC(CO)Cc1ccccc1. The van der Waals surface area contributed by atoms with Gasteiger partial charge in [0.1, 0.15) is 0 Å². The molecule has 0 radical (unpaired) electrons. The molecule has 1 N–H and O–H groups in total. The van der Waals surface area contributed by atoms with E-state index in [9.17, 15) is 5.11 Å². The van der Waals surface area contributed by atoms with Crippen molar-refractivity contribution in [2.45, 2.75) is 26.2 Å². The Kier molecular flexibility index (Phi) is 6.86. The van der Waals surface area contributed by atoms with Gasteiger partial charge in [-0.25, -0.2) is 0 Å². The first kappa shape index (κ1) is 13.2. The summed E-state index contributed by atoms with van der Waals surface area (Å²) >= 11 is 0. The van der Waals surface area contributed by atoms with Crippen LogP contribution in [0.1, 0.15) is 25.3 Å². The van der Waals surface area contributed by atoms with Crippen LogP contribution < -0.4 is 0 Å². The molecule has 1 rings (SSSR count). The summed E-state index contributed by atoms with van der Waals surface area (Å²) in [7, 11) is 0. The van der Waals surface area contributed by atoms with Crippen molar-refractivity contribution in [3.8, 4) is 0 Å². The van der Waals surface area contributed by atoms with Gasteiger partial charge in [-0.05, 0) is 37.7 Å². The fourth-order valence-corrected chi connectivity index (χ4v) is 1.82. The number of ether oxygens (including phenoxy) is 1. The molecule has 16 heavy (non-hydrogen) atoms. The lowest BCUT2D eigenvalue weighted by Crippen LogP contribution is -2.11. The number of benzene rings is 1. The van der Waals surface area contributed by atoms with Crippen molar-refractivity contribution in [2.75, 3.05) is 19.8 Å². The molecule has 0 aromatic heterocycles. The number of aliphatic hydroxyl groups is 1. The van der Waals surface area contributed by atoms with Gasteiger partial charge in [0.05, 0.1) is 0 Å². The second kappa shape index (κ2) is 8.31. The zero-order valence-electron chi connectivity index (χ0n) is 10.1. The highest BCUT2D eigenvalue weighted by molar-refractivity contribution is 5.15. The third kappa shape index (κ3) is 5.29. The number of hydrogen-bond donors (Lipinski definition) is 1. The van der Waals surface area contributed by atoms with Crippen molar-refractivity contribution in [2.24, 2.45) is 5.92 Å². The van der Waals surface area contributed by atoms with Crippen LogP contribution in [0.5, 0.6) is 0 Å². The van der Waals surface area contributed by atoms with Gasteiger partial charge in [0.15, 0.2) is 0 Å². The van der Waals surface area contributed by atoms with Crippen molar-refractivity contribution < 1.29 is 9.84 Å². The standard InChI is InChI=1S/C14H22O2/c1-2-16-10-6-9-14(12-15)11-13-7-4-3-5-8-13/h3-5,7-8,14-15H,2,6,9-12H2,1H3. The van der Waals surface area contributed by atoms with Gasteiger partial charge in [0, 0.05) is 19.8 Å². The van der Waals surface area contributed by atoms with Crippen LogP contribution in [0.2, 0.25) is 0 Å². The fraction of sp³-hybridized carbons (Fsp3) is 0.571. The van der Waals surface area contributed by atoms with Crippen LogP contribution in [-0.4, -0.2) is 24.9 Å². The van der Waals surface area contributed by atoms with Crippen molar-refractivity contribution >= 4 is 0 Å². The molecule has 0 aliphatic carbocycles. The fourth-order valence-electron chi connectivity index (χ4n) is 1.82. The summed E-state index contributed by atoms with van der Waals surface area (Å²) in [5.74, 6) is 0.364. The van der Waals surface area contributed by atoms with Crippen LogP contribution in [-0.2, 0) is 11.2 Å². The van der Waals surface area contributed by atoms with E-state index in [-0.39, 0.29) is 6.61 Å². The highest BCUT2D eigenvalue weighted by Crippen LogP contribution is 2.13. The molecule has 0 bridgehead atoms. The summed E-state index contributed by atoms with van der Waals surface area (Å²) in [5.41, 5.74) is 1.30. The molecule has 1 unspecified atom stereocenters. The Labute approximate surface area is 98.3 Å². The molecule has 2 heteroatoms. The Bertz CT molecular complexity index is 259. The largest absolute Gasteiger partial charge is 0.396 e. The maximum Gasteiger partial charge on any atom is 0.0466 e. The molecule has 0 amide bonds. The van der Waals surface area contributed by atoms with Crippen LogP contribution in [0.3, 0.4) is 0 Å². The van der Waals surface area contributed by atoms with Crippen molar-refractivity contribution in [3.05, 3.63) is 35.9 Å². The maximum atomic E-state index is 9.30. The van der Waals surface area contributed by atoms with E-state index in [4.69, 9.17) is 4.74 Å². The zero-order valence-corrected chi connectivity index (χ0v) is 10.1. The first-order valence-electron chi connectivity index (χ1n) is 6.09. The van der Waals surface area contributed by atoms with Crippen LogP contribution in [0.15, 0.2) is 30.3 Å². The van der Waals surface area contributed by atoms with E-state index >= 15 is 0 Å². The number of hydrogen-bond acceptors (Lipinski definition) is 2. The van der Waals surface area contributed by atoms with Crippen LogP contribution in [0.4, 0.5) is 0 Å². The summed E-state index contributed by atoms with van der Waals surface area (Å²) in [6.45, 7) is 3.86. The molecule has 2 nitrogen and oxygen atoms in total. The molecule has 1 aromatic carbocycles. The van der Waals surface area contributed by atoms with Crippen LogP contribution in [0.25, 0.3) is 0 Å². The Morgan fingerprint density at radius 2 is 2.00 bits per heavy atom. The zero-order chi connectivity index (χ0) is 11.6. The minimum atomic E-state index is 0.265. The molecule has 0 saturated heterocycles. The molecule has 1 atom stereocenters. The van der Waals surface area contributed by atoms with Gasteiger partial charge >= 0.3 is 0 Å². The summed E-state index contributed by atoms with van der Waals surface area (Å²) in [5, 5.41) is 9.30. The minimum Gasteiger partial charge on any atom is -0.396 e. The highest BCUT2D eigenvalue weighted by atomic mass is 16.5. The smallest absolute Gasteiger partial charge is 0.0466 e. The van der Waals surface area contributed by atoms with Gasteiger partial charge in [0.25, 0.3) is 0 Å². The van der Waals surface area contributed by atoms with Crippen molar-refractivity contribution in [1.82, 2.24) is 0 Å². The van der Waals surface area contributed by atoms with Gasteiger partial charge in [0.2, 0.25) is 0 Å². The van der Waals surface area contributed by atoms with Crippen molar-refractivity contribution in [1.29, 1.82) is 0 Å². The summed E-state index contributed by atoms with van der Waals surface area (Å²) in [6, 6.07) is 10.3. The molecular formula is C14H22O2. The lowest BCUT2D eigenvalue weighted by atomic mass is 9.96. The Balaban J connectivity index is 2.26. The average molecular weight is 222 g/mol. The van der Waals surface area contributed by atoms with Crippen LogP contribution >= 0.6 is 0 Å². The van der Waals surface area contributed by atoms with Crippen LogP contribution in [0, 0.1) is 5.92 Å². The molecule has 0 spiro atoms. The molecule has 0 aliphatic rings. The van der Waals surface area contributed by atoms with E-state index in [0.29, 0.717) is 5.92 Å². The minimum absolute atomic E-state index is 0.265. The summed E-state index contributed by atoms with van der Waals surface area (Å²) in [6.07, 6.45) is 3.03. The second-order valence-corrected chi connectivity index (χ2v) is 4.08. The highest BCUT2D eigenvalue weighted by Gasteiger charge is 2.07. The Morgan fingerprint density at radius 1 is 1.25 bits per heavy atom. The van der Waals surface area contributed by atoms with Gasteiger partial charge < -0.3 is 9.84 Å². The van der Waals surface area contributed by atoms with E-state index in [1.165, 1.54) is 5.56 Å². The third-order valence-corrected chi connectivity index (χ3v) is 2.73. The molecule has 90 valence electrons. The van der Waals surface area contributed by atoms with E-state index in [2.05, 4.69) is 12.1 Å². The second-order valence-electron chi connectivity index (χ2n) is 4.08. The lowest BCUT2D eigenvalue weighted by molar-refractivity contribution is 0.132. The first-order chi connectivity index (χ1) is 7.86. The summed E-state index contributed by atoms with van der Waals surface area (Å²) in [4.78, 5) is 0. The predicted molar refractivity (Wildman–Crippen MR) is 66.4 cm³/mol. The maximum absolute atomic E-state index is 9.30. The van der Waals surface area contributed by atoms with E-state index in [1.54, 1.807) is 0 Å². The average Bonchev–Trinajstić information content (AvgIpc) is 2.34. The molecular weight excluding hydrogens is 200 g/mol. The van der Waals surface area contributed by atoms with Gasteiger partial charge in [-0.15, -0.1) is 0 Å². The molecule has 1 aromatic rings. The van der Waals surface area contributed by atoms with Gasteiger partial charge in [-0.2, -0.15) is 0 Å². The van der Waals surface area contributed by atoms with Crippen molar-refractivity contribution in [3.63, 3.8) is 0 Å². The number of aliphatic hydroxyl groups excluding tert-OH is 1. The van der Waals surface area contributed by atoms with E-state index in [1.807, 2.05) is 25.1 Å². The molecule has 0 fully saturated rings. The summed E-state index contributed by atoms with van der Waals surface area (Å²) < 4.78 is 5.30. The van der Waals surface area contributed by atoms with Gasteiger partial charge in [-0.3, -0.25) is 0 Å². The number of rotatable bonds is 8.